The van der Waals surface area contributed by atoms with Gasteiger partial charge in [-0.15, -0.1) is 0 Å². The second kappa shape index (κ2) is 6.13. The lowest BCUT2D eigenvalue weighted by Crippen LogP contribution is -2.12. The van der Waals surface area contributed by atoms with Gasteiger partial charge in [-0.25, -0.2) is 0 Å². The van der Waals surface area contributed by atoms with Crippen molar-refractivity contribution in [3.05, 3.63) is 66.4 Å². The van der Waals surface area contributed by atoms with Gasteiger partial charge in [0.2, 0.25) is 0 Å². The lowest BCUT2D eigenvalue weighted by Gasteiger charge is -2.02. The number of methoxy groups -OCH3 is 1. The van der Waals surface area contributed by atoms with Gasteiger partial charge in [0.15, 0.2) is 0 Å². The number of benzene rings is 2. The number of hydrogen-bond acceptors (Lipinski definition) is 3. The Labute approximate surface area is 127 Å². The van der Waals surface area contributed by atoms with Gasteiger partial charge in [0, 0.05) is 11.3 Å². The molecule has 2 N–H and O–H groups in total. The summed E-state index contributed by atoms with van der Waals surface area (Å²) in [6.07, 6.45) is 0. The van der Waals surface area contributed by atoms with Gasteiger partial charge < -0.3 is 10.1 Å². The molecule has 22 heavy (non-hydrogen) atoms. The number of para-hydroxylation sites is 1. The van der Waals surface area contributed by atoms with Crippen molar-refractivity contribution in [3.8, 4) is 17.0 Å². The van der Waals surface area contributed by atoms with Crippen molar-refractivity contribution in [2.45, 2.75) is 0 Å². The molecule has 1 amide bonds. The number of anilines is 1. The van der Waals surface area contributed by atoms with Crippen molar-refractivity contribution in [2.24, 2.45) is 0 Å². The minimum absolute atomic E-state index is 0.224. The van der Waals surface area contributed by atoms with E-state index in [0.717, 1.165) is 17.0 Å². The number of H-pyrrole nitrogens is 1. The molecule has 3 aromatic rings. The number of amides is 1. The first kappa shape index (κ1) is 13.9. The third-order valence-corrected chi connectivity index (χ3v) is 3.24. The van der Waals surface area contributed by atoms with Gasteiger partial charge in [-0.05, 0) is 42.5 Å². The molecule has 0 fully saturated rings. The molecule has 1 heterocycles. The highest BCUT2D eigenvalue weighted by atomic mass is 16.5. The number of carbonyl (C=O) groups excluding carboxylic acids is 1. The van der Waals surface area contributed by atoms with Crippen LogP contribution >= 0.6 is 0 Å². The first-order valence-corrected chi connectivity index (χ1v) is 6.82. The van der Waals surface area contributed by atoms with E-state index in [1.807, 2.05) is 54.6 Å². The van der Waals surface area contributed by atoms with Gasteiger partial charge in [-0.1, -0.05) is 18.2 Å². The van der Waals surface area contributed by atoms with Crippen LogP contribution in [0.3, 0.4) is 0 Å². The second-order valence-corrected chi connectivity index (χ2v) is 4.72. The topological polar surface area (TPSA) is 67.0 Å². The predicted octanol–water partition coefficient (Wildman–Crippen LogP) is 3.34. The molecular weight excluding hydrogens is 278 g/mol. The number of aromatic nitrogens is 2. The molecule has 0 spiro atoms. The van der Waals surface area contributed by atoms with Crippen molar-refractivity contribution < 1.29 is 9.53 Å². The Kier molecular flexibility index (Phi) is 3.87. The summed E-state index contributed by atoms with van der Waals surface area (Å²) >= 11 is 0. The molecule has 1 aromatic heterocycles. The van der Waals surface area contributed by atoms with Crippen LogP contribution in [0.25, 0.3) is 11.3 Å². The van der Waals surface area contributed by atoms with E-state index in [1.165, 1.54) is 0 Å². The SMILES string of the molecule is COc1ccc(-c2cc(C(=O)Nc3ccccc3)[nH]n2)cc1. The van der Waals surface area contributed by atoms with Crippen LogP contribution in [-0.4, -0.2) is 23.2 Å². The molecule has 0 aliphatic rings. The molecule has 5 heteroatoms. The molecule has 0 radical (unpaired) electrons. The Balaban J connectivity index is 1.76. The van der Waals surface area contributed by atoms with E-state index in [1.54, 1.807) is 13.2 Å². The quantitative estimate of drug-likeness (QED) is 0.775. The Morgan fingerprint density at radius 1 is 1.09 bits per heavy atom. The van der Waals surface area contributed by atoms with Crippen molar-refractivity contribution in [3.63, 3.8) is 0 Å². The number of nitrogens with zero attached hydrogens (tertiary/aromatic N) is 1. The van der Waals surface area contributed by atoms with Gasteiger partial charge in [0.1, 0.15) is 11.4 Å². The van der Waals surface area contributed by atoms with Gasteiger partial charge in [0.25, 0.3) is 5.91 Å². The van der Waals surface area contributed by atoms with Crippen LogP contribution in [0.15, 0.2) is 60.7 Å². The molecule has 110 valence electrons. The van der Waals surface area contributed by atoms with E-state index in [9.17, 15) is 4.79 Å². The van der Waals surface area contributed by atoms with Crippen LogP contribution < -0.4 is 10.1 Å². The zero-order valence-electron chi connectivity index (χ0n) is 12.0. The minimum Gasteiger partial charge on any atom is -0.497 e. The number of hydrogen-bond donors (Lipinski definition) is 2. The van der Waals surface area contributed by atoms with E-state index < -0.39 is 0 Å². The van der Waals surface area contributed by atoms with Crippen LogP contribution in [0.2, 0.25) is 0 Å². The first-order valence-electron chi connectivity index (χ1n) is 6.82. The Morgan fingerprint density at radius 2 is 1.82 bits per heavy atom. The summed E-state index contributed by atoms with van der Waals surface area (Å²) in [6, 6.07) is 18.5. The van der Waals surface area contributed by atoms with Gasteiger partial charge >= 0.3 is 0 Å². The highest BCUT2D eigenvalue weighted by Crippen LogP contribution is 2.21. The summed E-state index contributed by atoms with van der Waals surface area (Å²) in [7, 11) is 1.62. The second-order valence-electron chi connectivity index (χ2n) is 4.72. The molecule has 0 aliphatic heterocycles. The lowest BCUT2D eigenvalue weighted by molar-refractivity contribution is 0.102. The fraction of sp³-hybridized carbons (Fsp3) is 0.0588. The molecule has 0 bridgehead atoms. The van der Waals surface area contributed by atoms with Crippen LogP contribution in [0.4, 0.5) is 5.69 Å². The Morgan fingerprint density at radius 3 is 2.50 bits per heavy atom. The van der Waals surface area contributed by atoms with E-state index in [4.69, 9.17) is 4.74 Å². The Hall–Kier alpha value is -3.08. The maximum absolute atomic E-state index is 12.2. The van der Waals surface area contributed by atoms with E-state index in [-0.39, 0.29) is 5.91 Å². The molecule has 2 aromatic carbocycles. The van der Waals surface area contributed by atoms with Gasteiger partial charge in [0.05, 0.1) is 12.8 Å². The third kappa shape index (κ3) is 2.98. The normalized spacial score (nSPS) is 10.2. The average molecular weight is 293 g/mol. The zero-order chi connectivity index (χ0) is 15.4. The summed E-state index contributed by atoms with van der Waals surface area (Å²) in [5, 5.41) is 9.75. The zero-order valence-corrected chi connectivity index (χ0v) is 12.0. The molecule has 0 saturated heterocycles. The van der Waals surface area contributed by atoms with Crippen LogP contribution in [-0.2, 0) is 0 Å². The van der Waals surface area contributed by atoms with E-state index in [2.05, 4.69) is 15.5 Å². The van der Waals surface area contributed by atoms with E-state index in [0.29, 0.717) is 11.4 Å². The number of ether oxygens (including phenoxy) is 1. The summed E-state index contributed by atoms with van der Waals surface area (Å²) in [5.41, 5.74) is 2.78. The number of rotatable bonds is 4. The lowest BCUT2D eigenvalue weighted by atomic mass is 10.1. The van der Waals surface area contributed by atoms with Crippen LogP contribution in [0, 0.1) is 0 Å². The first-order chi connectivity index (χ1) is 10.8. The molecule has 0 aliphatic carbocycles. The maximum Gasteiger partial charge on any atom is 0.273 e. The molecular formula is C17H15N3O2. The van der Waals surface area contributed by atoms with Crippen molar-refractivity contribution in [2.75, 3.05) is 12.4 Å². The van der Waals surface area contributed by atoms with Crippen LogP contribution in [0.5, 0.6) is 5.75 Å². The van der Waals surface area contributed by atoms with E-state index >= 15 is 0 Å². The van der Waals surface area contributed by atoms with Crippen molar-refractivity contribution in [1.82, 2.24) is 10.2 Å². The van der Waals surface area contributed by atoms with Crippen molar-refractivity contribution >= 4 is 11.6 Å². The molecule has 0 saturated carbocycles. The fourth-order valence-electron chi connectivity index (χ4n) is 2.07. The fourth-order valence-corrected chi connectivity index (χ4v) is 2.07. The van der Waals surface area contributed by atoms with Crippen LogP contribution in [0.1, 0.15) is 10.5 Å². The highest BCUT2D eigenvalue weighted by molar-refractivity contribution is 6.03. The third-order valence-electron chi connectivity index (χ3n) is 3.24. The largest absolute Gasteiger partial charge is 0.497 e. The summed E-state index contributed by atoms with van der Waals surface area (Å²) < 4.78 is 5.12. The van der Waals surface area contributed by atoms with Crippen molar-refractivity contribution in [1.29, 1.82) is 0 Å². The Bertz CT molecular complexity index is 764. The molecule has 0 unspecified atom stereocenters. The van der Waals surface area contributed by atoms with Gasteiger partial charge in [-0.3, -0.25) is 9.89 Å². The number of nitrogens with one attached hydrogen (secondary N) is 2. The highest BCUT2D eigenvalue weighted by Gasteiger charge is 2.11. The monoisotopic (exact) mass is 293 g/mol. The standard InChI is InChI=1S/C17H15N3O2/c1-22-14-9-7-12(8-10-14)15-11-16(20-19-15)17(21)18-13-5-3-2-4-6-13/h2-11H,1H3,(H,18,21)(H,19,20). The number of carbonyl (C=O) groups is 1. The minimum atomic E-state index is -0.224. The summed E-state index contributed by atoms with van der Waals surface area (Å²) in [4.78, 5) is 12.2. The number of aromatic amines is 1. The molecule has 5 nitrogen and oxygen atoms in total. The maximum atomic E-state index is 12.2. The smallest absolute Gasteiger partial charge is 0.273 e. The van der Waals surface area contributed by atoms with Gasteiger partial charge in [-0.2, -0.15) is 5.10 Å². The average Bonchev–Trinajstić information content (AvgIpc) is 3.06. The summed E-state index contributed by atoms with van der Waals surface area (Å²) in [6.45, 7) is 0. The predicted molar refractivity (Wildman–Crippen MR) is 85.0 cm³/mol. The summed E-state index contributed by atoms with van der Waals surface area (Å²) in [5.74, 6) is 0.555. The molecule has 0 atom stereocenters. The molecule has 3 rings (SSSR count).